The molecular formula is C13H15FO. The number of fused-ring (bicyclic) bond motifs is 2. The Bertz CT molecular complexity index is 373. The summed E-state index contributed by atoms with van der Waals surface area (Å²) >= 11 is 0. The summed E-state index contributed by atoms with van der Waals surface area (Å²) in [7, 11) is 0. The van der Waals surface area contributed by atoms with Crippen LogP contribution < -0.4 is 0 Å². The molecule has 2 aliphatic carbocycles. The molecule has 1 nitrogen and oxygen atoms in total. The first-order valence-electron chi connectivity index (χ1n) is 5.67. The minimum absolute atomic E-state index is 0.231. The minimum atomic E-state index is -0.670. The highest BCUT2D eigenvalue weighted by Gasteiger charge is 2.50. The van der Waals surface area contributed by atoms with Crippen molar-refractivity contribution in [3.8, 4) is 0 Å². The van der Waals surface area contributed by atoms with Gasteiger partial charge >= 0.3 is 0 Å². The molecule has 0 unspecified atom stereocenters. The van der Waals surface area contributed by atoms with Crippen LogP contribution in [-0.2, 0) is 5.60 Å². The molecule has 2 bridgehead atoms. The lowest BCUT2D eigenvalue weighted by Crippen LogP contribution is -2.32. The summed E-state index contributed by atoms with van der Waals surface area (Å²) in [6.07, 6.45) is 4.39. The Labute approximate surface area is 88.9 Å². The average Bonchev–Trinajstić information content (AvgIpc) is 2.78. The molecular weight excluding hydrogens is 191 g/mol. The van der Waals surface area contributed by atoms with E-state index in [0.717, 1.165) is 24.8 Å². The van der Waals surface area contributed by atoms with Crippen LogP contribution in [0.3, 0.4) is 0 Å². The molecule has 0 amide bonds. The summed E-state index contributed by atoms with van der Waals surface area (Å²) in [5, 5.41) is 10.6. The highest BCUT2D eigenvalue weighted by atomic mass is 19.1. The van der Waals surface area contributed by atoms with Crippen molar-refractivity contribution in [1.82, 2.24) is 0 Å². The van der Waals surface area contributed by atoms with E-state index >= 15 is 0 Å². The van der Waals surface area contributed by atoms with E-state index in [2.05, 4.69) is 0 Å². The second-order valence-corrected chi connectivity index (χ2v) is 5.01. The van der Waals surface area contributed by atoms with Gasteiger partial charge in [0.05, 0.1) is 5.60 Å². The molecule has 0 aromatic heterocycles. The predicted octanol–water partition coefficient (Wildman–Crippen LogP) is 2.83. The van der Waals surface area contributed by atoms with Gasteiger partial charge in [0.1, 0.15) is 5.82 Å². The molecule has 3 atom stereocenters. The van der Waals surface area contributed by atoms with Crippen LogP contribution in [0.15, 0.2) is 24.3 Å². The smallest absolute Gasteiger partial charge is 0.123 e. The largest absolute Gasteiger partial charge is 0.385 e. The van der Waals surface area contributed by atoms with Crippen LogP contribution in [0.1, 0.15) is 31.2 Å². The molecule has 1 aromatic carbocycles. The third-order valence-corrected chi connectivity index (χ3v) is 4.16. The lowest BCUT2D eigenvalue weighted by molar-refractivity contribution is -0.0182. The topological polar surface area (TPSA) is 20.2 Å². The summed E-state index contributed by atoms with van der Waals surface area (Å²) in [6, 6.07) is 6.35. The summed E-state index contributed by atoms with van der Waals surface area (Å²) < 4.78 is 12.8. The molecule has 2 heteroatoms. The van der Waals surface area contributed by atoms with Crippen LogP contribution in [0.5, 0.6) is 0 Å². The van der Waals surface area contributed by atoms with Gasteiger partial charge in [-0.2, -0.15) is 0 Å². The fraction of sp³-hybridized carbons (Fsp3) is 0.538. The molecule has 2 fully saturated rings. The van der Waals surface area contributed by atoms with Crippen molar-refractivity contribution < 1.29 is 9.50 Å². The molecule has 15 heavy (non-hydrogen) atoms. The maximum atomic E-state index is 12.8. The first kappa shape index (κ1) is 9.34. The molecule has 2 aliphatic rings. The van der Waals surface area contributed by atoms with Gasteiger partial charge in [-0.15, -0.1) is 0 Å². The molecule has 3 rings (SSSR count). The molecule has 0 spiro atoms. The Morgan fingerprint density at radius 2 is 1.93 bits per heavy atom. The van der Waals surface area contributed by atoms with Crippen LogP contribution in [0.25, 0.3) is 0 Å². The highest BCUT2D eigenvalue weighted by molar-refractivity contribution is 5.26. The van der Waals surface area contributed by atoms with Gasteiger partial charge in [-0.25, -0.2) is 4.39 Å². The molecule has 1 N–H and O–H groups in total. The second-order valence-electron chi connectivity index (χ2n) is 5.01. The molecule has 0 heterocycles. The zero-order valence-electron chi connectivity index (χ0n) is 8.62. The summed E-state index contributed by atoms with van der Waals surface area (Å²) in [5.41, 5.74) is 0.229. The monoisotopic (exact) mass is 206 g/mol. The van der Waals surface area contributed by atoms with E-state index in [-0.39, 0.29) is 5.82 Å². The zero-order chi connectivity index (χ0) is 10.5. The second kappa shape index (κ2) is 3.05. The molecule has 0 saturated heterocycles. The molecule has 1 aromatic rings. The Morgan fingerprint density at radius 1 is 1.20 bits per heavy atom. The molecule has 80 valence electrons. The van der Waals surface area contributed by atoms with E-state index in [1.54, 1.807) is 12.1 Å². The van der Waals surface area contributed by atoms with Crippen molar-refractivity contribution >= 4 is 0 Å². The fourth-order valence-electron chi connectivity index (χ4n) is 3.39. The van der Waals surface area contributed by atoms with Gasteiger partial charge < -0.3 is 5.11 Å². The quantitative estimate of drug-likeness (QED) is 0.749. The zero-order valence-corrected chi connectivity index (χ0v) is 8.62. The van der Waals surface area contributed by atoms with E-state index in [0.29, 0.717) is 11.8 Å². The van der Waals surface area contributed by atoms with Crippen molar-refractivity contribution in [2.24, 2.45) is 11.8 Å². The maximum absolute atomic E-state index is 12.8. The first-order valence-corrected chi connectivity index (χ1v) is 5.67. The van der Waals surface area contributed by atoms with Crippen LogP contribution >= 0.6 is 0 Å². The van der Waals surface area contributed by atoms with E-state index in [4.69, 9.17) is 0 Å². The standard InChI is InChI=1S/C13H15FO/c14-12-5-3-10(4-6-12)13(15)8-9-1-2-11(13)7-9/h3-6,9,11,15H,1-2,7-8H2/t9-,11+,13-/m1/s1. The molecule has 0 aliphatic heterocycles. The Balaban J connectivity index is 1.96. The van der Waals surface area contributed by atoms with Crippen molar-refractivity contribution in [3.63, 3.8) is 0 Å². The van der Waals surface area contributed by atoms with Gasteiger partial charge in [0.25, 0.3) is 0 Å². The van der Waals surface area contributed by atoms with Crippen molar-refractivity contribution in [1.29, 1.82) is 0 Å². The predicted molar refractivity (Wildman–Crippen MR) is 55.7 cm³/mol. The lowest BCUT2D eigenvalue weighted by atomic mass is 9.79. The number of benzene rings is 1. The summed E-state index contributed by atoms with van der Waals surface area (Å²) in [4.78, 5) is 0. The van der Waals surface area contributed by atoms with Gasteiger partial charge in [-0.05, 0) is 55.2 Å². The van der Waals surface area contributed by atoms with Crippen molar-refractivity contribution in [2.75, 3.05) is 0 Å². The van der Waals surface area contributed by atoms with Crippen LogP contribution in [0.2, 0.25) is 0 Å². The molecule has 2 saturated carbocycles. The number of hydrogen-bond acceptors (Lipinski definition) is 1. The van der Waals surface area contributed by atoms with Gasteiger partial charge in [-0.3, -0.25) is 0 Å². The number of aliphatic hydroxyl groups is 1. The summed E-state index contributed by atoms with van der Waals surface area (Å²) in [6.45, 7) is 0. The average molecular weight is 206 g/mol. The van der Waals surface area contributed by atoms with E-state index < -0.39 is 5.60 Å². The fourth-order valence-corrected chi connectivity index (χ4v) is 3.39. The number of hydrogen-bond donors (Lipinski definition) is 1. The minimum Gasteiger partial charge on any atom is -0.385 e. The van der Waals surface area contributed by atoms with Gasteiger partial charge in [0.2, 0.25) is 0 Å². The molecule has 0 radical (unpaired) electrons. The Morgan fingerprint density at radius 3 is 2.47 bits per heavy atom. The SMILES string of the molecule is O[C@@]1(c2ccc(F)cc2)C[C@@H]2CC[C@H]1C2. The number of rotatable bonds is 1. The third-order valence-electron chi connectivity index (χ3n) is 4.16. The number of halogens is 1. The third kappa shape index (κ3) is 1.31. The maximum Gasteiger partial charge on any atom is 0.123 e. The van der Waals surface area contributed by atoms with Crippen LogP contribution in [0.4, 0.5) is 4.39 Å². The van der Waals surface area contributed by atoms with Crippen molar-refractivity contribution in [2.45, 2.75) is 31.3 Å². The lowest BCUT2D eigenvalue weighted by Gasteiger charge is -2.32. The van der Waals surface area contributed by atoms with Gasteiger partial charge in [0, 0.05) is 0 Å². The normalized spacial score (nSPS) is 38.5. The first-order chi connectivity index (χ1) is 7.18. The Kier molecular flexibility index (Phi) is 1.90. The van der Waals surface area contributed by atoms with Gasteiger partial charge in [-0.1, -0.05) is 12.1 Å². The van der Waals surface area contributed by atoms with E-state index in [9.17, 15) is 9.50 Å². The Hall–Kier alpha value is -0.890. The van der Waals surface area contributed by atoms with Crippen LogP contribution in [0, 0.1) is 17.7 Å². The van der Waals surface area contributed by atoms with Crippen LogP contribution in [-0.4, -0.2) is 5.11 Å². The van der Waals surface area contributed by atoms with Crippen molar-refractivity contribution in [3.05, 3.63) is 35.6 Å². The summed E-state index contributed by atoms with van der Waals surface area (Å²) in [5.74, 6) is 0.850. The van der Waals surface area contributed by atoms with E-state index in [1.807, 2.05) is 0 Å². The van der Waals surface area contributed by atoms with Gasteiger partial charge in [0.15, 0.2) is 0 Å². The highest BCUT2D eigenvalue weighted by Crippen LogP contribution is 2.55. The van der Waals surface area contributed by atoms with E-state index in [1.165, 1.54) is 18.6 Å².